The van der Waals surface area contributed by atoms with Gasteiger partial charge in [0.25, 0.3) is 0 Å². The fourth-order valence-electron chi connectivity index (χ4n) is 3.68. The molecule has 1 unspecified atom stereocenters. The predicted octanol–water partition coefficient (Wildman–Crippen LogP) is 4.55. The number of carbonyl (C=O) groups is 1. The zero-order valence-corrected chi connectivity index (χ0v) is 21.1. The van der Waals surface area contributed by atoms with Crippen LogP contribution >= 0.6 is 0 Å². The van der Waals surface area contributed by atoms with Gasteiger partial charge in [0.15, 0.2) is 5.82 Å². The maximum Gasteiger partial charge on any atom is 0.301 e. The van der Waals surface area contributed by atoms with Crippen LogP contribution < -0.4 is 4.72 Å². The molecule has 4 rings (SSSR count). The predicted molar refractivity (Wildman–Crippen MR) is 139 cm³/mol. The summed E-state index contributed by atoms with van der Waals surface area (Å²) < 4.78 is 58.1. The normalized spacial score (nSPS) is 14.4. The third-order valence-electron chi connectivity index (χ3n) is 5.91. The lowest BCUT2D eigenvalue weighted by molar-refractivity contribution is 0.103. The van der Waals surface area contributed by atoms with Crippen molar-refractivity contribution in [2.75, 3.05) is 18.3 Å². The van der Waals surface area contributed by atoms with Crippen molar-refractivity contribution in [3.05, 3.63) is 70.7 Å². The summed E-state index contributed by atoms with van der Waals surface area (Å²) in [7, 11) is -2.79. The number of anilines is 1. The molecule has 3 aromatic rings. The van der Waals surface area contributed by atoms with Gasteiger partial charge in [-0.25, -0.2) is 13.8 Å². The number of H-pyrrole nitrogens is 1. The van der Waals surface area contributed by atoms with Crippen molar-refractivity contribution in [3.8, 4) is 0 Å². The number of aliphatic imine (C=N–C) groups is 1. The number of aromatic nitrogens is 2. The average molecular weight is 529 g/mol. The molecule has 1 aromatic carbocycles. The van der Waals surface area contributed by atoms with E-state index in [0.29, 0.717) is 23.0 Å². The van der Waals surface area contributed by atoms with Gasteiger partial charge in [-0.05, 0) is 43.0 Å². The minimum atomic E-state index is -4.11. The molecule has 2 heterocycles. The Labute approximate surface area is 213 Å². The molecule has 0 aliphatic heterocycles. The average Bonchev–Trinajstić information content (AvgIpc) is 3.60. The second-order valence-corrected chi connectivity index (χ2v) is 10.5. The van der Waals surface area contributed by atoms with E-state index in [0.717, 1.165) is 29.3 Å². The molecule has 0 radical (unpaired) electrons. The van der Waals surface area contributed by atoms with Crippen LogP contribution in [0.5, 0.6) is 0 Å². The summed E-state index contributed by atoms with van der Waals surface area (Å²) >= 11 is 0. The van der Waals surface area contributed by atoms with Crippen molar-refractivity contribution in [3.63, 3.8) is 0 Å². The Morgan fingerprint density at radius 2 is 2.11 bits per heavy atom. The number of halogens is 2. The van der Waals surface area contributed by atoms with Crippen LogP contribution in [0.4, 0.5) is 14.5 Å². The van der Waals surface area contributed by atoms with E-state index < -0.39 is 44.8 Å². The Hall–Kier alpha value is -3.77. The van der Waals surface area contributed by atoms with Gasteiger partial charge in [-0.1, -0.05) is 12.5 Å². The van der Waals surface area contributed by atoms with Gasteiger partial charge in [-0.2, -0.15) is 12.7 Å². The fourth-order valence-corrected chi connectivity index (χ4v) is 4.70. The van der Waals surface area contributed by atoms with E-state index in [2.05, 4.69) is 19.7 Å². The van der Waals surface area contributed by atoms with Gasteiger partial charge in [-0.15, -0.1) is 0 Å². The molecule has 1 atom stereocenters. The molecule has 1 fully saturated rings. The molecular formula is C25H26F2N6O3S. The lowest BCUT2D eigenvalue weighted by Crippen LogP contribution is -2.33. The van der Waals surface area contributed by atoms with Gasteiger partial charge in [0.05, 0.1) is 17.2 Å². The van der Waals surface area contributed by atoms with Crippen LogP contribution in [-0.2, 0) is 10.2 Å². The first kappa shape index (κ1) is 26.3. The van der Waals surface area contributed by atoms with Crippen LogP contribution in [0.1, 0.15) is 53.6 Å². The van der Waals surface area contributed by atoms with Crippen molar-refractivity contribution in [1.29, 1.82) is 5.41 Å². The molecule has 0 bridgehead atoms. The number of ketones is 1. The summed E-state index contributed by atoms with van der Waals surface area (Å²) in [6.07, 6.45) is 9.89. The van der Waals surface area contributed by atoms with E-state index in [-0.39, 0.29) is 12.1 Å². The number of hydrogen-bond acceptors (Lipinski definition) is 6. The number of nitrogens with one attached hydrogen (secondary N) is 3. The summed E-state index contributed by atoms with van der Waals surface area (Å²) in [6, 6.07) is 3.38. The van der Waals surface area contributed by atoms with Crippen molar-refractivity contribution in [2.45, 2.75) is 32.1 Å². The number of fused-ring (bicyclic) bond motifs is 1. The minimum absolute atomic E-state index is 0.0500. The topological polar surface area (TPSA) is 131 Å². The third kappa shape index (κ3) is 5.65. The Morgan fingerprint density at radius 1 is 1.35 bits per heavy atom. The van der Waals surface area contributed by atoms with Crippen molar-refractivity contribution < 1.29 is 22.0 Å². The Morgan fingerprint density at radius 3 is 2.78 bits per heavy atom. The highest BCUT2D eigenvalue weighted by molar-refractivity contribution is 7.90. The van der Waals surface area contributed by atoms with Crippen molar-refractivity contribution in [2.24, 2.45) is 4.99 Å². The van der Waals surface area contributed by atoms with Crippen molar-refractivity contribution >= 4 is 45.1 Å². The number of benzene rings is 1. The number of carbonyl (C=O) groups excluding carboxylic acids is 1. The molecule has 194 valence electrons. The first-order chi connectivity index (χ1) is 17.7. The van der Waals surface area contributed by atoms with Crippen molar-refractivity contribution in [1.82, 2.24) is 14.3 Å². The maximum atomic E-state index is 15.3. The zero-order valence-electron chi connectivity index (χ0n) is 20.3. The molecule has 3 N–H and O–H groups in total. The van der Waals surface area contributed by atoms with E-state index in [9.17, 15) is 17.6 Å². The van der Waals surface area contributed by atoms with Crippen LogP contribution in [0.3, 0.4) is 0 Å². The first-order valence-corrected chi connectivity index (χ1v) is 13.1. The number of nitrogens with zero attached hydrogens (tertiary/aromatic N) is 3. The maximum absolute atomic E-state index is 15.3. The Bertz CT molecular complexity index is 1520. The van der Waals surface area contributed by atoms with Gasteiger partial charge >= 0.3 is 10.2 Å². The molecule has 12 heteroatoms. The lowest BCUT2D eigenvalue weighted by Gasteiger charge is -2.18. The quantitative estimate of drug-likeness (QED) is 0.249. The summed E-state index contributed by atoms with van der Waals surface area (Å²) in [5.41, 5.74) is 0.605. The SMILES string of the molecule is CCCN(C)S(=O)(=O)Nc1ccc(F)c(C(=O)c2c[nH]c3ncc(C(C=N)C=NC=C4CC4)cc23)c1F. The van der Waals surface area contributed by atoms with Crippen LogP contribution in [0.2, 0.25) is 0 Å². The first-order valence-electron chi connectivity index (χ1n) is 11.6. The Balaban J connectivity index is 1.70. The summed E-state index contributed by atoms with van der Waals surface area (Å²) in [5.74, 6) is -3.96. The van der Waals surface area contributed by atoms with E-state index in [1.165, 1.54) is 31.2 Å². The van der Waals surface area contributed by atoms with E-state index in [1.807, 2.05) is 0 Å². The smallest absolute Gasteiger partial charge is 0.301 e. The molecule has 0 amide bonds. The molecule has 37 heavy (non-hydrogen) atoms. The zero-order chi connectivity index (χ0) is 26.7. The van der Waals surface area contributed by atoms with Gasteiger partial charge in [-0.3, -0.25) is 14.5 Å². The van der Waals surface area contributed by atoms with E-state index in [1.54, 1.807) is 25.4 Å². The molecule has 0 spiro atoms. The lowest BCUT2D eigenvalue weighted by atomic mass is 9.98. The molecule has 9 nitrogen and oxygen atoms in total. The van der Waals surface area contributed by atoms with Crippen LogP contribution in [0, 0.1) is 17.0 Å². The largest absolute Gasteiger partial charge is 0.345 e. The highest BCUT2D eigenvalue weighted by Gasteiger charge is 2.27. The van der Waals surface area contributed by atoms with Crippen LogP contribution in [0.15, 0.2) is 47.4 Å². The van der Waals surface area contributed by atoms with E-state index in [4.69, 9.17) is 5.41 Å². The van der Waals surface area contributed by atoms with Crippen LogP contribution in [-0.4, -0.2) is 54.5 Å². The monoisotopic (exact) mass is 528 g/mol. The minimum Gasteiger partial charge on any atom is -0.345 e. The fraction of sp³-hybridized carbons (Fsp3) is 0.280. The number of aromatic amines is 1. The Kier molecular flexibility index (Phi) is 7.60. The number of hydrogen-bond donors (Lipinski definition) is 3. The van der Waals surface area contributed by atoms with Gasteiger partial charge in [0, 0.05) is 55.6 Å². The van der Waals surface area contributed by atoms with Gasteiger partial charge < -0.3 is 10.4 Å². The molecule has 1 aliphatic carbocycles. The van der Waals surface area contributed by atoms with Crippen LogP contribution in [0.25, 0.3) is 11.0 Å². The number of rotatable bonds is 11. The van der Waals surface area contributed by atoms with Gasteiger partial charge in [0.2, 0.25) is 5.78 Å². The number of pyridine rings is 1. The second kappa shape index (κ2) is 10.7. The standard InChI is InChI=1S/C25H26F2N6O3S/c1-3-8-33(2)37(35,36)32-21-7-6-20(26)22(23(21)27)24(34)19-14-31-25-18(19)9-16(13-30-25)17(10-28)12-29-11-15-4-5-15/h6-7,9-14,17,28,32H,3-5,8H2,1-2H3,(H,30,31). The number of allylic oxidation sites excluding steroid dienone is 1. The highest BCUT2D eigenvalue weighted by atomic mass is 32.2. The summed E-state index contributed by atoms with van der Waals surface area (Å²) in [6.45, 7) is 1.97. The molecule has 0 saturated heterocycles. The molecule has 1 saturated carbocycles. The second-order valence-electron chi connectivity index (χ2n) is 8.69. The third-order valence-corrected chi connectivity index (χ3v) is 7.39. The van der Waals surface area contributed by atoms with Gasteiger partial charge in [0.1, 0.15) is 11.5 Å². The molecular weight excluding hydrogens is 502 g/mol. The molecule has 2 aromatic heterocycles. The summed E-state index contributed by atoms with van der Waals surface area (Å²) in [5, 5.41) is 8.05. The molecule has 1 aliphatic rings. The highest BCUT2D eigenvalue weighted by Crippen LogP contribution is 2.29. The summed E-state index contributed by atoms with van der Waals surface area (Å²) in [4.78, 5) is 24.7. The van der Waals surface area contributed by atoms with E-state index >= 15 is 4.39 Å².